The molecule has 0 fully saturated rings. The molecule has 6 heteroatoms. The van der Waals surface area contributed by atoms with Crippen LogP contribution in [0.5, 0.6) is 0 Å². The van der Waals surface area contributed by atoms with E-state index >= 15 is 0 Å². The van der Waals surface area contributed by atoms with E-state index < -0.39 is 5.97 Å². The summed E-state index contributed by atoms with van der Waals surface area (Å²) in [6.07, 6.45) is 0.952. The van der Waals surface area contributed by atoms with Crippen molar-refractivity contribution in [1.82, 2.24) is 15.1 Å². The van der Waals surface area contributed by atoms with E-state index in [-0.39, 0.29) is 5.76 Å². The van der Waals surface area contributed by atoms with Crippen LogP contribution < -0.4 is 5.32 Å². The molecule has 21 heavy (non-hydrogen) atoms. The molecule has 2 aromatic heterocycles. The number of furan rings is 1. The van der Waals surface area contributed by atoms with Gasteiger partial charge in [-0.3, -0.25) is 4.68 Å². The highest BCUT2D eigenvalue weighted by Gasteiger charge is 2.13. The summed E-state index contributed by atoms with van der Waals surface area (Å²) in [6, 6.07) is 3.82. The molecule has 0 atom stereocenters. The molecular weight excluding hydrogens is 270 g/mol. The molecule has 0 aliphatic heterocycles. The van der Waals surface area contributed by atoms with Crippen LogP contribution in [0.1, 0.15) is 39.7 Å². The largest absolute Gasteiger partial charge is 0.475 e. The SMILES string of the molecule is Cc1cc(C)n(CCCNCc2cc(C)c(C(=O)O)o2)n1. The van der Waals surface area contributed by atoms with Crippen LogP contribution in [0.15, 0.2) is 16.5 Å². The zero-order valence-electron chi connectivity index (χ0n) is 12.6. The van der Waals surface area contributed by atoms with Gasteiger partial charge in [-0.05, 0) is 45.9 Å². The molecule has 0 amide bonds. The molecule has 0 saturated heterocycles. The van der Waals surface area contributed by atoms with Gasteiger partial charge in [0.1, 0.15) is 5.76 Å². The van der Waals surface area contributed by atoms with Gasteiger partial charge in [0.2, 0.25) is 5.76 Å². The maximum atomic E-state index is 10.9. The summed E-state index contributed by atoms with van der Waals surface area (Å²) in [5.74, 6) is -0.353. The van der Waals surface area contributed by atoms with E-state index in [1.165, 1.54) is 5.69 Å². The van der Waals surface area contributed by atoms with Gasteiger partial charge in [0.15, 0.2) is 0 Å². The summed E-state index contributed by atoms with van der Waals surface area (Å²) >= 11 is 0. The summed E-state index contributed by atoms with van der Waals surface area (Å²) in [4.78, 5) is 10.9. The van der Waals surface area contributed by atoms with E-state index in [0.717, 1.165) is 25.2 Å². The maximum Gasteiger partial charge on any atom is 0.372 e. The molecule has 2 aromatic rings. The third kappa shape index (κ3) is 3.95. The second-order valence-corrected chi connectivity index (χ2v) is 5.21. The Balaban J connectivity index is 1.74. The minimum absolute atomic E-state index is 0.0226. The Bertz CT molecular complexity index is 628. The number of nitrogens with one attached hydrogen (secondary N) is 1. The minimum Gasteiger partial charge on any atom is -0.475 e. The molecule has 0 spiro atoms. The van der Waals surface area contributed by atoms with Crippen LogP contribution in [-0.2, 0) is 13.1 Å². The first-order valence-corrected chi connectivity index (χ1v) is 7.01. The van der Waals surface area contributed by atoms with Crippen molar-refractivity contribution in [2.75, 3.05) is 6.54 Å². The van der Waals surface area contributed by atoms with Crippen LogP contribution in [0, 0.1) is 20.8 Å². The van der Waals surface area contributed by atoms with Gasteiger partial charge in [-0.1, -0.05) is 0 Å². The molecule has 0 saturated carbocycles. The standard InChI is InChI=1S/C15H21N3O3/c1-10-7-13(21-14(10)15(19)20)9-16-5-4-6-18-12(3)8-11(2)17-18/h7-8,16H,4-6,9H2,1-3H3,(H,19,20). The Kier molecular flexibility index (Phi) is 4.80. The van der Waals surface area contributed by atoms with Gasteiger partial charge < -0.3 is 14.8 Å². The Morgan fingerprint density at radius 3 is 2.71 bits per heavy atom. The fourth-order valence-electron chi connectivity index (χ4n) is 2.31. The fraction of sp³-hybridized carbons (Fsp3) is 0.467. The zero-order valence-corrected chi connectivity index (χ0v) is 12.6. The second kappa shape index (κ2) is 6.58. The van der Waals surface area contributed by atoms with Gasteiger partial charge >= 0.3 is 5.97 Å². The number of hydrogen-bond donors (Lipinski definition) is 2. The van der Waals surface area contributed by atoms with Gasteiger partial charge in [0.25, 0.3) is 0 Å². The van der Waals surface area contributed by atoms with E-state index in [9.17, 15) is 4.79 Å². The molecule has 0 aliphatic rings. The molecular formula is C15H21N3O3. The predicted octanol–water partition coefficient (Wildman–Crippen LogP) is 2.28. The van der Waals surface area contributed by atoms with Gasteiger partial charge in [-0.15, -0.1) is 0 Å². The van der Waals surface area contributed by atoms with Gasteiger partial charge in [0, 0.05) is 17.8 Å². The number of hydrogen-bond acceptors (Lipinski definition) is 4. The summed E-state index contributed by atoms with van der Waals surface area (Å²) in [6.45, 7) is 7.99. The number of carboxylic acids is 1. The van der Waals surface area contributed by atoms with E-state index in [2.05, 4.69) is 16.5 Å². The molecule has 2 rings (SSSR count). The summed E-state index contributed by atoms with van der Waals surface area (Å²) in [5.41, 5.74) is 2.86. The number of nitrogens with zero attached hydrogens (tertiary/aromatic N) is 2. The van der Waals surface area contributed by atoms with E-state index in [0.29, 0.717) is 17.9 Å². The maximum absolute atomic E-state index is 10.9. The topological polar surface area (TPSA) is 80.3 Å². The van der Waals surface area contributed by atoms with Crippen LogP contribution in [0.3, 0.4) is 0 Å². The van der Waals surface area contributed by atoms with Gasteiger partial charge in [-0.25, -0.2) is 4.79 Å². The monoisotopic (exact) mass is 291 g/mol. The van der Waals surface area contributed by atoms with Crippen molar-refractivity contribution in [2.24, 2.45) is 0 Å². The first kappa shape index (κ1) is 15.3. The fourth-order valence-corrected chi connectivity index (χ4v) is 2.31. The average Bonchev–Trinajstić information content (AvgIpc) is 2.92. The summed E-state index contributed by atoms with van der Waals surface area (Å²) < 4.78 is 7.28. The third-order valence-corrected chi connectivity index (χ3v) is 3.29. The molecule has 2 heterocycles. The Labute approximate surface area is 123 Å². The van der Waals surface area contributed by atoms with Crippen molar-refractivity contribution in [3.05, 3.63) is 40.6 Å². The van der Waals surface area contributed by atoms with Crippen LogP contribution in [0.2, 0.25) is 0 Å². The number of carbonyl (C=O) groups is 1. The Morgan fingerprint density at radius 1 is 1.38 bits per heavy atom. The van der Waals surface area contributed by atoms with Crippen LogP contribution in [0.25, 0.3) is 0 Å². The lowest BCUT2D eigenvalue weighted by molar-refractivity contribution is 0.0659. The van der Waals surface area contributed by atoms with E-state index in [1.54, 1.807) is 13.0 Å². The number of aryl methyl sites for hydroxylation is 4. The van der Waals surface area contributed by atoms with Gasteiger partial charge in [0.05, 0.1) is 12.2 Å². The van der Waals surface area contributed by atoms with E-state index in [4.69, 9.17) is 9.52 Å². The zero-order chi connectivity index (χ0) is 15.4. The predicted molar refractivity (Wildman–Crippen MR) is 78.4 cm³/mol. The Hall–Kier alpha value is -2.08. The first-order valence-electron chi connectivity index (χ1n) is 7.01. The Morgan fingerprint density at radius 2 is 2.14 bits per heavy atom. The average molecular weight is 291 g/mol. The van der Waals surface area contributed by atoms with Crippen LogP contribution in [0.4, 0.5) is 0 Å². The lowest BCUT2D eigenvalue weighted by Gasteiger charge is -2.05. The lowest BCUT2D eigenvalue weighted by Crippen LogP contribution is -2.16. The van der Waals surface area contributed by atoms with Crippen LogP contribution in [-0.4, -0.2) is 27.4 Å². The van der Waals surface area contributed by atoms with Crippen molar-refractivity contribution in [3.8, 4) is 0 Å². The third-order valence-electron chi connectivity index (χ3n) is 3.29. The molecule has 2 N–H and O–H groups in total. The highest BCUT2D eigenvalue weighted by molar-refractivity contribution is 5.86. The number of carboxylic acid groups (broad SMARTS) is 1. The van der Waals surface area contributed by atoms with Gasteiger partial charge in [-0.2, -0.15) is 5.10 Å². The first-order chi connectivity index (χ1) is 9.97. The molecule has 114 valence electrons. The summed E-state index contributed by atoms with van der Waals surface area (Å²) in [5, 5.41) is 16.6. The molecule has 0 aliphatic carbocycles. The van der Waals surface area contributed by atoms with Crippen molar-refractivity contribution in [1.29, 1.82) is 0 Å². The van der Waals surface area contributed by atoms with Crippen molar-refractivity contribution < 1.29 is 14.3 Å². The quantitative estimate of drug-likeness (QED) is 0.765. The number of rotatable bonds is 7. The van der Waals surface area contributed by atoms with E-state index in [1.807, 2.05) is 18.5 Å². The highest BCUT2D eigenvalue weighted by Crippen LogP contribution is 2.14. The normalized spacial score (nSPS) is 11.0. The molecule has 0 radical (unpaired) electrons. The molecule has 0 bridgehead atoms. The van der Waals surface area contributed by atoms with Crippen molar-refractivity contribution >= 4 is 5.97 Å². The molecule has 0 aromatic carbocycles. The smallest absolute Gasteiger partial charge is 0.372 e. The van der Waals surface area contributed by atoms with Crippen LogP contribution >= 0.6 is 0 Å². The van der Waals surface area contributed by atoms with Crippen molar-refractivity contribution in [3.63, 3.8) is 0 Å². The second-order valence-electron chi connectivity index (χ2n) is 5.21. The van der Waals surface area contributed by atoms with Crippen molar-refractivity contribution in [2.45, 2.75) is 40.3 Å². The number of aromatic nitrogens is 2. The number of aromatic carboxylic acids is 1. The minimum atomic E-state index is -1.02. The molecule has 6 nitrogen and oxygen atoms in total. The summed E-state index contributed by atoms with van der Waals surface area (Å²) in [7, 11) is 0. The lowest BCUT2D eigenvalue weighted by atomic mass is 10.2. The molecule has 0 unspecified atom stereocenters. The highest BCUT2D eigenvalue weighted by atomic mass is 16.4.